The predicted octanol–water partition coefficient (Wildman–Crippen LogP) is 4.04. The maximum absolute atomic E-state index is 12.3. The Morgan fingerprint density at radius 2 is 1.68 bits per heavy atom. The molecule has 0 radical (unpaired) electrons. The molecule has 1 aliphatic heterocycles. The van der Waals surface area contributed by atoms with Crippen LogP contribution in [-0.2, 0) is 11.2 Å². The molecule has 0 unspecified atom stereocenters. The summed E-state index contributed by atoms with van der Waals surface area (Å²) in [7, 11) is 3.11. The van der Waals surface area contributed by atoms with Crippen molar-refractivity contribution in [2.24, 2.45) is 0 Å². The summed E-state index contributed by atoms with van der Waals surface area (Å²) in [6, 6.07) is 21.3. The zero-order valence-electron chi connectivity index (χ0n) is 17.8. The molecular formula is C26H26O5. The minimum absolute atomic E-state index is 0.278. The summed E-state index contributed by atoms with van der Waals surface area (Å²) >= 11 is 0. The zero-order valence-corrected chi connectivity index (χ0v) is 17.8. The summed E-state index contributed by atoms with van der Waals surface area (Å²) in [5.74, 6) is 1.17. The van der Waals surface area contributed by atoms with E-state index in [9.17, 15) is 10.2 Å². The van der Waals surface area contributed by atoms with Gasteiger partial charge in [0, 0.05) is 18.1 Å². The fourth-order valence-corrected chi connectivity index (χ4v) is 5.39. The van der Waals surface area contributed by atoms with Gasteiger partial charge in [-0.3, -0.25) is 0 Å². The van der Waals surface area contributed by atoms with E-state index >= 15 is 0 Å². The van der Waals surface area contributed by atoms with Crippen molar-refractivity contribution in [3.63, 3.8) is 0 Å². The first-order valence-electron chi connectivity index (χ1n) is 10.4. The molecule has 4 atom stereocenters. The highest BCUT2D eigenvalue weighted by atomic mass is 16.5. The van der Waals surface area contributed by atoms with Crippen LogP contribution in [0.3, 0.4) is 0 Å². The van der Waals surface area contributed by atoms with Gasteiger partial charge in [0.25, 0.3) is 0 Å². The van der Waals surface area contributed by atoms with Crippen molar-refractivity contribution in [2.75, 3.05) is 14.2 Å². The third kappa shape index (κ3) is 2.57. The first-order chi connectivity index (χ1) is 15.0. The highest BCUT2D eigenvalue weighted by Gasteiger charge is 2.73. The number of ether oxygens (including phenoxy) is 3. The normalized spacial score (nSPS) is 28.5. The van der Waals surface area contributed by atoms with E-state index in [-0.39, 0.29) is 5.92 Å². The lowest BCUT2D eigenvalue weighted by atomic mass is 9.71. The van der Waals surface area contributed by atoms with Crippen LogP contribution >= 0.6 is 0 Å². The van der Waals surface area contributed by atoms with Crippen molar-refractivity contribution >= 4 is 0 Å². The van der Waals surface area contributed by atoms with Crippen LogP contribution < -0.4 is 14.2 Å². The van der Waals surface area contributed by atoms with Gasteiger partial charge in [-0.05, 0) is 24.5 Å². The summed E-state index contributed by atoms with van der Waals surface area (Å²) < 4.78 is 17.8. The predicted molar refractivity (Wildman–Crippen MR) is 117 cm³/mol. The largest absolute Gasteiger partial charge is 0.496 e. The van der Waals surface area contributed by atoms with E-state index in [0.29, 0.717) is 29.2 Å². The van der Waals surface area contributed by atoms with Gasteiger partial charge < -0.3 is 24.4 Å². The molecule has 0 saturated heterocycles. The maximum Gasteiger partial charge on any atom is 0.176 e. The smallest absolute Gasteiger partial charge is 0.176 e. The summed E-state index contributed by atoms with van der Waals surface area (Å²) in [6.45, 7) is 2.02. The van der Waals surface area contributed by atoms with Crippen molar-refractivity contribution in [3.8, 4) is 17.2 Å². The molecule has 5 nitrogen and oxygen atoms in total. The maximum atomic E-state index is 12.3. The fraction of sp³-hybridized carbons (Fsp3) is 0.308. The van der Waals surface area contributed by atoms with Crippen molar-refractivity contribution in [3.05, 3.63) is 89.0 Å². The van der Waals surface area contributed by atoms with E-state index in [2.05, 4.69) is 0 Å². The zero-order chi connectivity index (χ0) is 21.8. The summed E-state index contributed by atoms with van der Waals surface area (Å²) in [5.41, 5.74) is 0.453. The van der Waals surface area contributed by atoms with Crippen molar-refractivity contribution in [1.29, 1.82) is 0 Å². The van der Waals surface area contributed by atoms with Gasteiger partial charge in [0.15, 0.2) is 11.2 Å². The van der Waals surface area contributed by atoms with Crippen LogP contribution in [0.1, 0.15) is 34.6 Å². The third-order valence-corrected chi connectivity index (χ3v) is 6.83. The van der Waals surface area contributed by atoms with E-state index < -0.39 is 17.3 Å². The molecule has 2 aliphatic rings. The molecule has 0 aromatic heterocycles. The van der Waals surface area contributed by atoms with Crippen LogP contribution in [0.25, 0.3) is 0 Å². The molecule has 160 valence electrons. The van der Waals surface area contributed by atoms with Crippen LogP contribution in [0.15, 0.2) is 66.7 Å². The average Bonchev–Trinajstić information content (AvgIpc) is 3.19. The van der Waals surface area contributed by atoms with Gasteiger partial charge >= 0.3 is 0 Å². The Hall–Kier alpha value is -3.02. The number of aliphatic hydroxyl groups is 2. The molecule has 0 amide bonds. The second-order valence-electron chi connectivity index (χ2n) is 8.39. The van der Waals surface area contributed by atoms with Gasteiger partial charge in [-0.2, -0.15) is 0 Å². The quantitative estimate of drug-likeness (QED) is 0.670. The van der Waals surface area contributed by atoms with Gasteiger partial charge in [-0.1, -0.05) is 60.2 Å². The second kappa shape index (κ2) is 7.01. The Balaban J connectivity index is 1.82. The van der Waals surface area contributed by atoms with Gasteiger partial charge in [-0.25, -0.2) is 0 Å². The van der Waals surface area contributed by atoms with Crippen LogP contribution in [0, 0.1) is 6.92 Å². The van der Waals surface area contributed by atoms with Gasteiger partial charge in [-0.15, -0.1) is 0 Å². The van der Waals surface area contributed by atoms with Crippen LogP contribution in [0.5, 0.6) is 17.2 Å². The van der Waals surface area contributed by atoms with Crippen LogP contribution in [0.2, 0.25) is 0 Å². The topological polar surface area (TPSA) is 68.2 Å². The van der Waals surface area contributed by atoms with Crippen LogP contribution in [-0.4, -0.2) is 30.5 Å². The average molecular weight is 418 g/mol. The van der Waals surface area contributed by atoms with Crippen molar-refractivity contribution < 1.29 is 24.4 Å². The number of aliphatic hydroxyl groups excluding tert-OH is 1. The number of fused-ring (bicyclic) bond motifs is 3. The lowest BCUT2D eigenvalue weighted by molar-refractivity contribution is -0.149. The van der Waals surface area contributed by atoms with Crippen molar-refractivity contribution in [1.82, 2.24) is 0 Å². The Morgan fingerprint density at radius 1 is 0.968 bits per heavy atom. The van der Waals surface area contributed by atoms with Gasteiger partial charge in [0.1, 0.15) is 17.2 Å². The Morgan fingerprint density at radius 3 is 2.32 bits per heavy atom. The molecule has 5 rings (SSSR count). The Labute approximate surface area is 181 Å². The summed E-state index contributed by atoms with van der Waals surface area (Å²) in [6.07, 6.45) is -0.703. The lowest BCUT2D eigenvalue weighted by Gasteiger charge is -2.40. The lowest BCUT2D eigenvalue weighted by Crippen LogP contribution is -2.52. The third-order valence-electron chi connectivity index (χ3n) is 6.83. The molecule has 3 aromatic rings. The minimum Gasteiger partial charge on any atom is -0.496 e. The molecule has 1 saturated carbocycles. The number of methoxy groups -OCH3 is 2. The van der Waals surface area contributed by atoms with Crippen LogP contribution in [0.4, 0.5) is 0 Å². The highest BCUT2D eigenvalue weighted by Crippen LogP contribution is 2.68. The van der Waals surface area contributed by atoms with Gasteiger partial charge in [0.2, 0.25) is 0 Å². The number of benzene rings is 3. The summed E-state index contributed by atoms with van der Waals surface area (Å²) in [4.78, 5) is 0. The van der Waals surface area contributed by atoms with E-state index in [1.165, 1.54) is 0 Å². The van der Waals surface area contributed by atoms with Gasteiger partial charge in [0.05, 0.1) is 25.9 Å². The monoisotopic (exact) mass is 418 g/mol. The standard InChI is InChI=1S/C26H26O5/c1-16-9-11-18(12-10-16)26-20(17-7-5-4-6-8-17)15-23(27)25(26,28)24-21(30-3)13-19(29-2)14-22(24)31-26/h4-14,20,23,27-28H,15H2,1-3H3/t20-,23-,25+,26-/m0/s1. The molecule has 2 N–H and O–H groups in total. The summed E-state index contributed by atoms with van der Waals surface area (Å²) in [5, 5.41) is 23.7. The van der Waals surface area contributed by atoms with E-state index in [0.717, 1.165) is 16.7 Å². The highest BCUT2D eigenvalue weighted by molar-refractivity contribution is 5.62. The number of hydrogen-bond acceptors (Lipinski definition) is 5. The molecule has 0 bridgehead atoms. The molecule has 1 aliphatic carbocycles. The molecule has 31 heavy (non-hydrogen) atoms. The fourth-order valence-electron chi connectivity index (χ4n) is 5.39. The molecular weight excluding hydrogens is 392 g/mol. The number of hydrogen-bond donors (Lipinski definition) is 2. The second-order valence-corrected chi connectivity index (χ2v) is 8.39. The van der Waals surface area contributed by atoms with Crippen molar-refractivity contribution in [2.45, 2.75) is 36.6 Å². The number of aryl methyl sites for hydroxylation is 1. The van der Waals surface area contributed by atoms with E-state index in [1.54, 1.807) is 26.4 Å². The molecule has 1 heterocycles. The Bertz CT molecular complexity index is 1110. The Kier molecular flexibility index (Phi) is 4.50. The van der Waals surface area contributed by atoms with E-state index in [4.69, 9.17) is 14.2 Å². The molecule has 3 aromatic carbocycles. The molecule has 0 spiro atoms. The first-order valence-corrected chi connectivity index (χ1v) is 10.4. The SMILES string of the molecule is COc1cc(OC)c2c(c1)O[C@@]1(c3ccc(C)cc3)[C@H](c3ccccc3)C[C@H](O)[C@@]21O. The van der Waals surface area contributed by atoms with E-state index in [1.807, 2.05) is 61.5 Å². The molecule has 5 heteroatoms. The minimum atomic E-state index is -1.70. The first kappa shape index (κ1) is 19.9. The number of rotatable bonds is 4. The molecule has 1 fully saturated rings.